The molecule has 5 heteroatoms. The Bertz CT molecular complexity index is 386. The predicted molar refractivity (Wildman–Crippen MR) is 76.2 cm³/mol. The van der Waals surface area contributed by atoms with Crippen molar-refractivity contribution in [2.24, 2.45) is 0 Å². The summed E-state index contributed by atoms with van der Waals surface area (Å²) in [4.78, 5) is 0. The fourth-order valence-electron chi connectivity index (χ4n) is 1.59. The first kappa shape index (κ1) is 15.6. The van der Waals surface area contributed by atoms with Gasteiger partial charge in [-0.15, -0.1) is 0 Å². The number of rotatable bonds is 9. The second-order valence-corrected chi connectivity index (χ2v) is 4.20. The first-order valence-electron chi connectivity index (χ1n) is 6.72. The Morgan fingerprint density at radius 3 is 2.74 bits per heavy atom. The summed E-state index contributed by atoms with van der Waals surface area (Å²) >= 11 is 0. The van der Waals surface area contributed by atoms with Crippen molar-refractivity contribution in [2.45, 2.75) is 26.7 Å². The van der Waals surface area contributed by atoms with E-state index in [0.29, 0.717) is 31.1 Å². The Labute approximate surface area is 114 Å². The molecular formula is C14H23FN2O2. The zero-order valence-corrected chi connectivity index (χ0v) is 11.7. The van der Waals surface area contributed by atoms with E-state index in [0.717, 1.165) is 19.4 Å². The number of anilines is 2. The number of ether oxygens (including phenoxy) is 2. The van der Waals surface area contributed by atoms with Gasteiger partial charge in [0.1, 0.15) is 0 Å². The average Bonchev–Trinajstić information content (AvgIpc) is 2.38. The molecule has 4 nitrogen and oxygen atoms in total. The third-order valence-corrected chi connectivity index (χ3v) is 2.61. The number of hydrogen-bond acceptors (Lipinski definition) is 4. The lowest BCUT2D eigenvalue weighted by Gasteiger charge is -2.12. The lowest BCUT2D eigenvalue weighted by molar-refractivity contribution is 0.141. The average molecular weight is 270 g/mol. The van der Waals surface area contributed by atoms with Gasteiger partial charge in [-0.1, -0.05) is 13.3 Å². The molecule has 108 valence electrons. The topological polar surface area (TPSA) is 56.5 Å². The van der Waals surface area contributed by atoms with E-state index >= 15 is 0 Å². The number of nitrogens with two attached hydrogens (primary N) is 1. The van der Waals surface area contributed by atoms with Crippen molar-refractivity contribution >= 4 is 11.4 Å². The van der Waals surface area contributed by atoms with Gasteiger partial charge in [0.2, 0.25) is 0 Å². The van der Waals surface area contributed by atoms with Gasteiger partial charge in [0, 0.05) is 25.3 Å². The van der Waals surface area contributed by atoms with E-state index in [9.17, 15) is 4.39 Å². The van der Waals surface area contributed by atoms with Gasteiger partial charge in [-0.05, 0) is 13.3 Å². The highest BCUT2D eigenvalue weighted by molar-refractivity contribution is 5.68. The molecule has 3 N–H and O–H groups in total. The molecule has 0 amide bonds. The van der Waals surface area contributed by atoms with Crippen LogP contribution in [0.15, 0.2) is 12.1 Å². The van der Waals surface area contributed by atoms with Gasteiger partial charge in [-0.3, -0.25) is 0 Å². The zero-order valence-electron chi connectivity index (χ0n) is 11.7. The van der Waals surface area contributed by atoms with Crippen LogP contribution in [0.1, 0.15) is 26.7 Å². The Kier molecular flexibility index (Phi) is 7.03. The molecule has 0 atom stereocenters. The van der Waals surface area contributed by atoms with Crippen molar-refractivity contribution in [1.29, 1.82) is 0 Å². The Morgan fingerprint density at radius 2 is 2.05 bits per heavy atom. The number of nitrogen functional groups attached to an aromatic ring is 1. The van der Waals surface area contributed by atoms with Crippen molar-refractivity contribution in [3.63, 3.8) is 0 Å². The van der Waals surface area contributed by atoms with E-state index in [1.165, 1.54) is 6.07 Å². The molecule has 0 bridgehead atoms. The van der Waals surface area contributed by atoms with Crippen molar-refractivity contribution in [3.8, 4) is 5.75 Å². The monoisotopic (exact) mass is 270 g/mol. The standard InChI is InChI=1S/C14H23FN2O2/c1-3-5-7-18-8-6-17-13-10-14(19-4-2)11(15)9-12(13)16/h9-10,17H,3-8,16H2,1-2H3. The first-order valence-corrected chi connectivity index (χ1v) is 6.72. The largest absolute Gasteiger partial charge is 0.491 e. The van der Waals surface area contributed by atoms with Gasteiger partial charge in [0.15, 0.2) is 11.6 Å². The third kappa shape index (κ3) is 5.34. The van der Waals surface area contributed by atoms with Crippen molar-refractivity contribution < 1.29 is 13.9 Å². The van der Waals surface area contributed by atoms with Crippen molar-refractivity contribution in [3.05, 3.63) is 17.9 Å². The fourth-order valence-corrected chi connectivity index (χ4v) is 1.59. The predicted octanol–water partition coefficient (Wildman–Crippen LogP) is 3.04. The lowest BCUT2D eigenvalue weighted by Crippen LogP contribution is -2.11. The van der Waals surface area contributed by atoms with E-state index < -0.39 is 5.82 Å². The molecule has 1 aromatic rings. The summed E-state index contributed by atoms with van der Waals surface area (Å²) in [5, 5.41) is 3.12. The summed E-state index contributed by atoms with van der Waals surface area (Å²) in [7, 11) is 0. The highest BCUT2D eigenvalue weighted by atomic mass is 19.1. The van der Waals surface area contributed by atoms with Crippen LogP contribution in [0.2, 0.25) is 0 Å². The van der Waals surface area contributed by atoms with E-state index in [4.69, 9.17) is 15.2 Å². The van der Waals surface area contributed by atoms with Crippen molar-refractivity contribution in [1.82, 2.24) is 0 Å². The Morgan fingerprint density at radius 1 is 1.26 bits per heavy atom. The lowest BCUT2D eigenvalue weighted by atomic mass is 10.2. The molecule has 0 heterocycles. The zero-order chi connectivity index (χ0) is 14.1. The van der Waals surface area contributed by atoms with Gasteiger partial charge in [0.25, 0.3) is 0 Å². The summed E-state index contributed by atoms with van der Waals surface area (Å²) in [6.45, 7) is 6.34. The summed E-state index contributed by atoms with van der Waals surface area (Å²) in [6, 6.07) is 2.85. The molecule has 1 rings (SSSR count). The van der Waals surface area contributed by atoms with Crippen LogP contribution in [-0.2, 0) is 4.74 Å². The molecule has 0 spiro atoms. The van der Waals surface area contributed by atoms with E-state index in [1.54, 1.807) is 6.07 Å². The number of halogens is 1. The van der Waals surface area contributed by atoms with Crippen LogP contribution in [0.25, 0.3) is 0 Å². The molecule has 0 fully saturated rings. The quantitative estimate of drug-likeness (QED) is 0.535. The second kappa shape index (κ2) is 8.58. The maximum atomic E-state index is 13.5. The molecule has 0 aromatic heterocycles. The van der Waals surface area contributed by atoms with Gasteiger partial charge < -0.3 is 20.5 Å². The summed E-state index contributed by atoms with van der Waals surface area (Å²) in [5.41, 5.74) is 6.79. The summed E-state index contributed by atoms with van der Waals surface area (Å²) in [5.74, 6) is -0.227. The number of benzene rings is 1. The smallest absolute Gasteiger partial charge is 0.167 e. The highest BCUT2D eigenvalue weighted by Gasteiger charge is 2.08. The minimum absolute atomic E-state index is 0.214. The Hall–Kier alpha value is -1.49. The van der Waals surface area contributed by atoms with Gasteiger partial charge in [0.05, 0.1) is 24.6 Å². The SMILES string of the molecule is CCCCOCCNc1cc(OCC)c(F)cc1N. The van der Waals surface area contributed by atoms with Crippen LogP contribution < -0.4 is 15.8 Å². The normalized spacial score (nSPS) is 10.5. The molecule has 0 radical (unpaired) electrons. The summed E-state index contributed by atoms with van der Waals surface area (Å²) < 4.78 is 24.1. The molecule has 0 aliphatic rings. The minimum atomic E-state index is -0.441. The molecule has 0 unspecified atom stereocenters. The molecule has 0 saturated carbocycles. The van der Waals surface area contributed by atoms with E-state index in [1.807, 2.05) is 6.92 Å². The number of nitrogens with one attached hydrogen (secondary N) is 1. The maximum absolute atomic E-state index is 13.5. The van der Waals surface area contributed by atoms with Crippen LogP contribution >= 0.6 is 0 Å². The van der Waals surface area contributed by atoms with Crippen LogP contribution in [0.3, 0.4) is 0 Å². The third-order valence-electron chi connectivity index (χ3n) is 2.61. The van der Waals surface area contributed by atoms with Gasteiger partial charge in [-0.25, -0.2) is 4.39 Å². The van der Waals surface area contributed by atoms with E-state index in [2.05, 4.69) is 12.2 Å². The molecule has 0 aliphatic heterocycles. The first-order chi connectivity index (χ1) is 9.19. The minimum Gasteiger partial charge on any atom is -0.491 e. The number of unbranched alkanes of at least 4 members (excludes halogenated alkanes) is 1. The van der Waals surface area contributed by atoms with Gasteiger partial charge in [-0.2, -0.15) is 0 Å². The van der Waals surface area contributed by atoms with Gasteiger partial charge >= 0.3 is 0 Å². The van der Waals surface area contributed by atoms with Crippen molar-refractivity contribution in [2.75, 3.05) is 37.4 Å². The summed E-state index contributed by atoms with van der Waals surface area (Å²) in [6.07, 6.45) is 2.18. The molecular weight excluding hydrogens is 247 g/mol. The fraction of sp³-hybridized carbons (Fsp3) is 0.571. The Balaban J connectivity index is 2.46. The van der Waals surface area contributed by atoms with Crippen LogP contribution in [0, 0.1) is 5.82 Å². The highest BCUT2D eigenvalue weighted by Crippen LogP contribution is 2.28. The molecule has 1 aromatic carbocycles. The molecule has 0 aliphatic carbocycles. The van der Waals surface area contributed by atoms with E-state index in [-0.39, 0.29) is 5.75 Å². The van der Waals surface area contributed by atoms with Crippen LogP contribution in [-0.4, -0.2) is 26.4 Å². The van der Waals surface area contributed by atoms with Crippen LogP contribution in [0.4, 0.5) is 15.8 Å². The number of hydrogen-bond donors (Lipinski definition) is 2. The molecule has 19 heavy (non-hydrogen) atoms. The van der Waals surface area contributed by atoms with Crippen LogP contribution in [0.5, 0.6) is 5.75 Å². The second-order valence-electron chi connectivity index (χ2n) is 4.20. The molecule has 0 saturated heterocycles. The maximum Gasteiger partial charge on any atom is 0.167 e.